The SMILES string of the molecule is COc1cccc(Cl)c1CN1CC(=O)NC(C2CC2)C1=O. The average Bonchev–Trinajstić information content (AvgIpc) is 3.29. The van der Waals surface area contributed by atoms with Gasteiger partial charge >= 0.3 is 0 Å². The summed E-state index contributed by atoms with van der Waals surface area (Å²) in [6.45, 7) is 0.356. The fourth-order valence-corrected chi connectivity index (χ4v) is 2.91. The monoisotopic (exact) mass is 308 g/mol. The first-order valence-electron chi connectivity index (χ1n) is 6.99. The molecule has 0 bridgehead atoms. The van der Waals surface area contributed by atoms with Gasteiger partial charge in [0.2, 0.25) is 11.8 Å². The van der Waals surface area contributed by atoms with Gasteiger partial charge in [-0.25, -0.2) is 0 Å². The molecule has 3 rings (SSSR count). The highest BCUT2D eigenvalue weighted by molar-refractivity contribution is 6.31. The van der Waals surface area contributed by atoms with Crippen LogP contribution in [0.1, 0.15) is 18.4 Å². The maximum Gasteiger partial charge on any atom is 0.246 e. The molecule has 112 valence electrons. The number of amides is 2. The lowest BCUT2D eigenvalue weighted by Crippen LogP contribution is -2.58. The van der Waals surface area contributed by atoms with Gasteiger partial charge in [0, 0.05) is 10.6 Å². The van der Waals surface area contributed by atoms with Gasteiger partial charge in [0.15, 0.2) is 0 Å². The third kappa shape index (κ3) is 2.83. The molecule has 1 aromatic rings. The summed E-state index contributed by atoms with van der Waals surface area (Å²) in [5.74, 6) is 0.776. The van der Waals surface area contributed by atoms with E-state index in [1.54, 1.807) is 30.2 Å². The second-order valence-corrected chi connectivity index (χ2v) is 5.90. The van der Waals surface area contributed by atoms with E-state index < -0.39 is 0 Å². The molecule has 0 aromatic heterocycles. The number of halogens is 1. The smallest absolute Gasteiger partial charge is 0.246 e. The molecule has 1 unspecified atom stereocenters. The van der Waals surface area contributed by atoms with Crippen LogP contribution in [0.5, 0.6) is 5.75 Å². The quantitative estimate of drug-likeness (QED) is 0.919. The van der Waals surface area contributed by atoms with E-state index in [2.05, 4.69) is 5.32 Å². The Morgan fingerprint density at radius 3 is 2.81 bits per heavy atom. The molecule has 5 nitrogen and oxygen atoms in total. The van der Waals surface area contributed by atoms with Crippen LogP contribution in [-0.2, 0) is 16.1 Å². The number of carbonyl (C=O) groups excluding carboxylic acids is 2. The predicted octanol–water partition coefficient (Wildman–Crippen LogP) is 1.59. The molecule has 1 aliphatic heterocycles. The van der Waals surface area contributed by atoms with Gasteiger partial charge in [0.25, 0.3) is 0 Å². The number of nitrogens with zero attached hydrogens (tertiary/aromatic N) is 1. The van der Waals surface area contributed by atoms with Crippen molar-refractivity contribution < 1.29 is 14.3 Å². The maximum atomic E-state index is 12.5. The zero-order valence-corrected chi connectivity index (χ0v) is 12.5. The molecular weight excluding hydrogens is 292 g/mol. The van der Waals surface area contributed by atoms with E-state index in [0.717, 1.165) is 18.4 Å². The first kappa shape index (κ1) is 14.2. The van der Waals surface area contributed by atoms with Crippen LogP contribution in [0.2, 0.25) is 5.02 Å². The molecule has 1 aromatic carbocycles. The molecule has 1 saturated carbocycles. The summed E-state index contributed by atoms with van der Waals surface area (Å²) in [4.78, 5) is 25.9. The highest BCUT2D eigenvalue weighted by Crippen LogP contribution is 2.35. The van der Waals surface area contributed by atoms with E-state index in [4.69, 9.17) is 16.3 Å². The number of rotatable bonds is 4. The van der Waals surface area contributed by atoms with E-state index >= 15 is 0 Å². The minimum Gasteiger partial charge on any atom is -0.496 e. The summed E-state index contributed by atoms with van der Waals surface area (Å²) in [5.41, 5.74) is 0.735. The highest BCUT2D eigenvalue weighted by Gasteiger charge is 2.42. The Morgan fingerprint density at radius 1 is 1.38 bits per heavy atom. The Bertz CT molecular complexity index is 586. The molecule has 2 aliphatic rings. The molecule has 0 radical (unpaired) electrons. The van der Waals surface area contributed by atoms with Crippen LogP contribution in [0.15, 0.2) is 18.2 Å². The minimum absolute atomic E-state index is 0.0286. The summed E-state index contributed by atoms with van der Waals surface area (Å²) in [5, 5.41) is 3.33. The van der Waals surface area contributed by atoms with Crippen molar-refractivity contribution >= 4 is 23.4 Å². The van der Waals surface area contributed by atoms with Gasteiger partial charge < -0.3 is 15.0 Å². The largest absolute Gasteiger partial charge is 0.496 e. The Balaban J connectivity index is 1.83. The Hall–Kier alpha value is -1.75. The lowest BCUT2D eigenvalue weighted by atomic mass is 10.1. The van der Waals surface area contributed by atoms with E-state index in [0.29, 0.717) is 17.3 Å². The summed E-state index contributed by atoms with van der Waals surface area (Å²) < 4.78 is 5.29. The number of carbonyl (C=O) groups is 2. The molecule has 2 amide bonds. The number of methoxy groups -OCH3 is 1. The summed E-state index contributed by atoms with van der Waals surface area (Å²) >= 11 is 6.20. The second-order valence-electron chi connectivity index (χ2n) is 5.50. The van der Waals surface area contributed by atoms with Gasteiger partial charge in [0.05, 0.1) is 20.2 Å². The van der Waals surface area contributed by atoms with Crippen molar-refractivity contribution in [3.05, 3.63) is 28.8 Å². The van der Waals surface area contributed by atoms with Crippen LogP contribution in [0, 0.1) is 5.92 Å². The second kappa shape index (κ2) is 5.56. The summed E-state index contributed by atoms with van der Waals surface area (Å²) in [6.07, 6.45) is 2.00. The Labute approximate surface area is 128 Å². The molecule has 1 heterocycles. The van der Waals surface area contributed by atoms with Crippen LogP contribution in [0.3, 0.4) is 0 Å². The molecule has 21 heavy (non-hydrogen) atoms. The zero-order chi connectivity index (χ0) is 15.0. The normalized spacial score (nSPS) is 22.2. The number of benzene rings is 1. The van der Waals surface area contributed by atoms with Gasteiger partial charge in [0.1, 0.15) is 11.8 Å². The average molecular weight is 309 g/mol. The van der Waals surface area contributed by atoms with E-state index in [1.165, 1.54) is 0 Å². The van der Waals surface area contributed by atoms with E-state index in [-0.39, 0.29) is 30.3 Å². The van der Waals surface area contributed by atoms with Gasteiger partial charge in [-0.2, -0.15) is 0 Å². The molecule has 1 atom stereocenters. The van der Waals surface area contributed by atoms with Crippen LogP contribution in [0.4, 0.5) is 0 Å². The van der Waals surface area contributed by atoms with Crippen LogP contribution in [0.25, 0.3) is 0 Å². The fraction of sp³-hybridized carbons (Fsp3) is 0.467. The van der Waals surface area contributed by atoms with Gasteiger partial charge in [-0.15, -0.1) is 0 Å². The third-order valence-electron chi connectivity index (χ3n) is 3.97. The zero-order valence-electron chi connectivity index (χ0n) is 11.8. The van der Waals surface area contributed by atoms with Crippen molar-refractivity contribution in [2.45, 2.75) is 25.4 Å². The topological polar surface area (TPSA) is 58.6 Å². The summed E-state index contributed by atoms with van der Waals surface area (Å²) in [6, 6.07) is 4.97. The Kier molecular flexibility index (Phi) is 3.76. The molecule has 1 aliphatic carbocycles. The van der Waals surface area contributed by atoms with Crippen molar-refractivity contribution in [1.29, 1.82) is 0 Å². The number of hydrogen-bond acceptors (Lipinski definition) is 3. The number of nitrogens with one attached hydrogen (secondary N) is 1. The third-order valence-corrected chi connectivity index (χ3v) is 4.32. The lowest BCUT2D eigenvalue weighted by Gasteiger charge is -2.33. The van der Waals surface area contributed by atoms with Gasteiger partial charge in [-0.05, 0) is 30.9 Å². The molecule has 1 saturated heterocycles. The summed E-state index contributed by atoms with van der Waals surface area (Å²) in [7, 11) is 1.56. The molecule has 2 fully saturated rings. The van der Waals surface area contributed by atoms with E-state index in [9.17, 15) is 9.59 Å². The number of hydrogen-bond donors (Lipinski definition) is 1. The minimum atomic E-state index is -0.375. The van der Waals surface area contributed by atoms with Crippen LogP contribution in [-0.4, -0.2) is 36.4 Å². The number of ether oxygens (including phenoxy) is 1. The van der Waals surface area contributed by atoms with Crippen molar-refractivity contribution in [3.8, 4) is 5.75 Å². The van der Waals surface area contributed by atoms with Crippen LogP contribution >= 0.6 is 11.6 Å². The molecule has 1 N–H and O–H groups in total. The predicted molar refractivity (Wildman–Crippen MR) is 78.1 cm³/mol. The fourth-order valence-electron chi connectivity index (χ4n) is 2.69. The maximum absolute atomic E-state index is 12.5. The van der Waals surface area contributed by atoms with Crippen molar-refractivity contribution in [1.82, 2.24) is 10.2 Å². The molecular formula is C15H17ClN2O3. The molecule has 0 spiro atoms. The van der Waals surface area contributed by atoms with Crippen LogP contribution < -0.4 is 10.1 Å². The van der Waals surface area contributed by atoms with Crippen molar-refractivity contribution in [2.75, 3.05) is 13.7 Å². The highest BCUT2D eigenvalue weighted by atomic mass is 35.5. The van der Waals surface area contributed by atoms with Crippen molar-refractivity contribution in [3.63, 3.8) is 0 Å². The number of piperazine rings is 1. The van der Waals surface area contributed by atoms with Gasteiger partial charge in [-0.1, -0.05) is 17.7 Å². The first-order chi connectivity index (χ1) is 10.1. The van der Waals surface area contributed by atoms with Gasteiger partial charge in [-0.3, -0.25) is 9.59 Å². The lowest BCUT2D eigenvalue weighted by molar-refractivity contribution is -0.145. The Morgan fingerprint density at radius 2 is 2.14 bits per heavy atom. The standard InChI is InChI=1S/C15H17ClN2O3/c1-21-12-4-2-3-11(16)10(12)7-18-8-13(19)17-14(15(18)20)9-5-6-9/h2-4,9,14H,5-8H2,1H3,(H,17,19). The van der Waals surface area contributed by atoms with E-state index in [1.807, 2.05) is 0 Å². The first-order valence-corrected chi connectivity index (χ1v) is 7.37. The molecule has 6 heteroatoms. The van der Waals surface area contributed by atoms with Crippen molar-refractivity contribution in [2.24, 2.45) is 5.92 Å².